The van der Waals surface area contributed by atoms with Gasteiger partial charge in [-0.15, -0.1) is 0 Å². The average molecular weight is 245 g/mol. The van der Waals surface area contributed by atoms with Crippen LogP contribution in [0.1, 0.15) is 6.42 Å². The highest BCUT2D eigenvalue weighted by Gasteiger charge is 2.10. The van der Waals surface area contributed by atoms with Crippen molar-refractivity contribution in [3.63, 3.8) is 0 Å². The van der Waals surface area contributed by atoms with Crippen LogP contribution in [0.3, 0.4) is 0 Å². The maximum atomic E-state index is 13.3. The summed E-state index contributed by atoms with van der Waals surface area (Å²) < 4.78 is 13.3. The molecule has 3 nitrogen and oxygen atoms in total. The van der Waals surface area contributed by atoms with Crippen LogP contribution >= 0.6 is 0 Å². The molecule has 1 heterocycles. The molecule has 0 atom stereocenters. The van der Waals surface area contributed by atoms with Crippen LogP contribution in [-0.4, -0.2) is 18.1 Å². The molecule has 1 aromatic carbocycles. The smallest absolute Gasteiger partial charge is 0.132 e. The molecule has 0 saturated heterocycles. The SMILES string of the molecule is NCCCN(c1cccc(F)c1)c1ccccn1. The van der Waals surface area contributed by atoms with Gasteiger partial charge in [0.15, 0.2) is 0 Å². The fourth-order valence-corrected chi connectivity index (χ4v) is 1.78. The second-order valence-corrected chi connectivity index (χ2v) is 3.96. The monoisotopic (exact) mass is 245 g/mol. The number of nitrogens with two attached hydrogens (primary N) is 1. The van der Waals surface area contributed by atoms with Crippen molar-refractivity contribution in [3.8, 4) is 0 Å². The lowest BCUT2D eigenvalue weighted by molar-refractivity contribution is 0.627. The van der Waals surface area contributed by atoms with Crippen LogP contribution < -0.4 is 10.6 Å². The molecule has 0 fully saturated rings. The third-order valence-corrected chi connectivity index (χ3v) is 2.63. The van der Waals surface area contributed by atoms with E-state index in [-0.39, 0.29) is 5.82 Å². The number of rotatable bonds is 5. The first-order chi connectivity index (χ1) is 8.81. The molecule has 18 heavy (non-hydrogen) atoms. The van der Waals surface area contributed by atoms with Gasteiger partial charge in [0, 0.05) is 18.4 Å². The molecular formula is C14H16FN3. The minimum Gasteiger partial charge on any atom is -0.330 e. The number of benzene rings is 1. The van der Waals surface area contributed by atoms with Crippen LogP contribution in [0.2, 0.25) is 0 Å². The van der Waals surface area contributed by atoms with Crippen LogP contribution in [0, 0.1) is 5.82 Å². The Balaban J connectivity index is 2.31. The molecule has 2 rings (SSSR count). The normalized spacial score (nSPS) is 10.3. The summed E-state index contributed by atoms with van der Waals surface area (Å²) in [5, 5.41) is 0. The Kier molecular flexibility index (Phi) is 4.25. The summed E-state index contributed by atoms with van der Waals surface area (Å²) >= 11 is 0. The van der Waals surface area contributed by atoms with E-state index in [9.17, 15) is 4.39 Å². The highest BCUT2D eigenvalue weighted by Crippen LogP contribution is 2.23. The van der Waals surface area contributed by atoms with Crippen molar-refractivity contribution in [2.24, 2.45) is 5.73 Å². The van der Waals surface area contributed by atoms with Gasteiger partial charge < -0.3 is 10.6 Å². The van der Waals surface area contributed by atoms with Crippen molar-refractivity contribution in [2.75, 3.05) is 18.0 Å². The van der Waals surface area contributed by atoms with E-state index >= 15 is 0 Å². The first-order valence-corrected chi connectivity index (χ1v) is 5.95. The van der Waals surface area contributed by atoms with Crippen LogP contribution in [0.15, 0.2) is 48.7 Å². The zero-order valence-electron chi connectivity index (χ0n) is 10.1. The van der Waals surface area contributed by atoms with E-state index in [1.807, 2.05) is 29.2 Å². The molecule has 94 valence electrons. The van der Waals surface area contributed by atoms with Crippen LogP contribution in [0.4, 0.5) is 15.9 Å². The summed E-state index contributed by atoms with van der Waals surface area (Å²) in [5.74, 6) is 0.553. The average Bonchev–Trinajstić information content (AvgIpc) is 2.40. The quantitative estimate of drug-likeness (QED) is 0.880. The third-order valence-electron chi connectivity index (χ3n) is 2.63. The minimum atomic E-state index is -0.249. The van der Waals surface area contributed by atoms with Gasteiger partial charge >= 0.3 is 0 Å². The summed E-state index contributed by atoms with van der Waals surface area (Å²) in [7, 11) is 0. The number of anilines is 2. The molecule has 0 bridgehead atoms. The molecule has 0 amide bonds. The van der Waals surface area contributed by atoms with Crippen LogP contribution in [0.25, 0.3) is 0 Å². The summed E-state index contributed by atoms with van der Waals surface area (Å²) in [4.78, 5) is 6.27. The maximum Gasteiger partial charge on any atom is 0.132 e. The van der Waals surface area contributed by atoms with E-state index < -0.39 is 0 Å². The van der Waals surface area contributed by atoms with Gasteiger partial charge in [-0.1, -0.05) is 12.1 Å². The zero-order chi connectivity index (χ0) is 12.8. The standard InChI is InChI=1S/C14H16FN3/c15-12-5-3-6-13(11-12)18(10-4-8-16)14-7-1-2-9-17-14/h1-3,5-7,9,11H,4,8,10,16H2. The molecule has 0 radical (unpaired) electrons. The van der Waals surface area contributed by atoms with Gasteiger partial charge in [0.1, 0.15) is 11.6 Å². The Morgan fingerprint density at radius 1 is 1.17 bits per heavy atom. The Morgan fingerprint density at radius 3 is 2.72 bits per heavy atom. The van der Waals surface area contributed by atoms with Gasteiger partial charge in [-0.2, -0.15) is 0 Å². The second-order valence-electron chi connectivity index (χ2n) is 3.96. The highest BCUT2D eigenvalue weighted by atomic mass is 19.1. The Morgan fingerprint density at radius 2 is 2.06 bits per heavy atom. The lowest BCUT2D eigenvalue weighted by atomic mass is 10.2. The van der Waals surface area contributed by atoms with E-state index in [2.05, 4.69) is 4.98 Å². The second kappa shape index (κ2) is 6.12. The van der Waals surface area contributed by atoms with Crippen LogP contribution in [0.5, 0.6) is 0 Å². The molecule has 0 aliphatic heterocycles. The fourth-order valence-electron chi connectivity index (χ4n) is 1.78. The van der Waals surface area contributed by atoms with Gasteiger partial charge in [-0.25, -0.2) is 9.37 Å². The molecule has 0 unspecified atom stereocenters. The third kappa shape index (κ3) is 3.05. The fraction of sp³-hybridized carbons (Fsp3) is 0.214. The number of nitrogens with zero attached hydrogens (tertiary/aromatic N) is 2. The van der Waals surface area contributed by atoms with Gasteiger partial charge in [0.05, 0.1) is 0 Å². The Bertz CT molecular complexity index is 487. The van der Waals surface area contributed by atoms with Gasteiger partial charge in [-0.3, -0.25) is 0 Å². The zero-order valence-corrected chi connectivity index (χ0v) is 10.1. The van der Waals surface area contributed by atoms with E-state index in [4.69, 9.17) is 5.73 Å². The molecule has 0 aliphatic rings. The Labute approximate surface area is 106 Å². The number of hydrogen-bond donors (Lipinski definition) is 1. The lowest BCUT2D eigenvalue weighted by Crippen LogP contribution is -2.21. The largest absolute Gasteiger partial charge is 0.330 e. The van der Waals surface area contributed by atoms with E-state index in [0.29, 0.717) is 6.54 Å². The van der Waals surface area contributed by atoms with Crippen molar-refractivity contribution in [2.45, 2.75) is 6.42 Å². The van der Waals surface area contributed by atoms with Crippen LogP contribution in [-0.2, 0) is 0 Å². The van der Waals surface area contributed by atoms with E-state index in [1.54, 1.807) is 12.3 Å². The van der Waals surface area contributed by atoms with Crippen molar-refractivity contribution >= 4 is 11.5 Å². The van der Waals surface area contributed by atoms with Crippen molar-refractivity contribution in [1.82, 2.24) is 4.98 Å². The summed E-state index contributed by atoms with van der Waals surface area (Å²) in [6, 6.07) is 12.2. The molecule has 0 spiro atoms. The van der Waals surface area contributed by atoms with E-state index in [1.165, 1.54) is 12.1 Å². The summed E-state index contributed by atoms with van der Waals surface area (Å²) in [6.45, 7) is 1.32. The number of pyridine rings is 1. The molecule has 2 N–H and O–H groups in total. The molecule has 1 aromatic heterocycles. The molecule has 4 heteroatoms. The molecule has 2 aromatic rings. The summed E-state index contributed by atoms with van der Waals surface area (Å²) in [5.41, 5.74) is 6.34. The van der Waals surface area contributed by atoms with Crippen molar-refractivity contribution in [3.05, 3.63) is 54.5 Å². The lowest BCUT2D eigenvalue weighted by Gasteiger charge is -2.23. The predicted molar refractivity (Wildman–Crippen MR) is 71.3 cm³/mol. The molecule has 0 aliphatic carbocycles. The number of aromatic nitrogens is 1. The topological polar surface area (TPSA) is 42.1 Å². The Hall–Kier alpha value is -1.94. The first-order valence-electron chi connectivity index (χ1n) is 5.95. The van der Waals surface area contributed by atoms with E-state index in [0.717, 1.165) is 24.5 Å². The van der Waals surface area contributed by atoms with Gasteiger partial charge in [-0.05, 0) is 43.3 Å². The number of halogens is 1. The maximum absolute atomic E-state index is 13.3. The highest BCUT2D eigenvalue weighted by molar-refractivity contribution is 5.59. The number of hydrogen-bond acceptors (Lipinski definition) is 3. The predicted octanol–water partition coefficient (Wildman–Crippen LogP) is 2.71. The summed E-state index contributed by atoms with van der Waals surface area (Å²) in [6.07, 6.45) is 2.55. The minimum absolute atomic E-state index is 0.249. The van der Waals surface area contributed by atoms with Crippen molar-refractivity contribution in [1.29, 1.82) is 0 Å². The molecule has 0 saturated carbocycles. The van der Waals surface area contributed by atoms with Crippen molar-refractivity contribution < 1.29 is 4.39 Å². The molecular weight excluding hydrogens is 229 g/mol. The van der Waals surface area contributed by atoms with Gasteiger partial charge in [0.25, 0.3) is 0 Å². The van der Waals surface area contributed by atoms with Gasteiger partial charge in [0.2, 0.25) is 0 Å². The first kappa shape index (κ1) is 12.5.